The summed E-state index contributed by atoms with van der Waals surface area (Å²) in [5.74, 6) is 0. The van der Waals surface area contributed by atoms with Crippen LogP contribution in [0.15, 0.2) is 42.6 Å². The number of aromatic nitrogens is 4. The van der Waals surface area contributed by atoms with Crippen LogP contribution < -0.4 is 5.32 Å². The highest BCUT2D eigenvalue weighted by molar-refractivity contribution is 6.09. The summed E-state index contributed by atoms with van der Waals surface area (Å²) in [5.41, 5.74) is 3.70. The van der Waals surface area contributed by atoms with E-state index in [0.717, 1.165) is 65.7 Å². The first-order chi connectivity index (χ1) is 15.2. The van der Waals surface area contributed by atoms with Crippen LogP contribution in [-0.2, 0) is 17.9 Å². The van der Waals surface area contributed by atoms with Gasteiger partial charge in [-0.3, -0.25) is 0 Å². The Hall–Kier alpha value is -2.84. The van der Waals surface area contributed by atoms with E-state index in [-0.39, 0.29) is 11.7 Å². The third-order valence-electron chi connectivity index (χ3n) is 6.06. The van der Waals surface area contributed by atoms with Gasteiger partial charge in [-0.05, 0) is 63.2 Å². The van der Waals surface area contributed by atoms with Gasteiger partial charge in [0.05, 0.1) is 30.3 Å². The zero-order valence-electron chi connectivity index (χ0n) is 17.4. The third-order valence-corrected chi connectivity index (χ3v) is 6.06. The van der Waals surface area contributed by atoms with Gasteiger partial charge in [0, 0.05) is 33.9 Å². The van der Waals surface area contributed by atoms with Gasteiger partial charge < -0.3 is 14.6 Å². The van der Waals surface area contributed by atoms with Crippen LogP contribution in [0.5, 0.6) is 0 Å². The quantitative estimate of drug-likeness (QED) is 0.491. The predicted octanol–water partition coefficient (Wildman–Crippen LogP) is 4.60. The van der Waals surface area contributed by atoms with Gasteiger partial charge in [-0.15, -0.1) is 5.10 Å². The summed E-state index contributed by atoms with van der Waals surface area (Å²) < 4.78 is 36.7. The summed E-state index contributed by atoms with van der Waals surface area (Å²) in [6.45, 7) is 5.19. The molecule has 1 fully saturated rings. The molecule has 6 nitrogen and oxygen atoms in total. The number of piperidine rings is 1. The van der Waals surface area contributed by atoms with E-state index >= 15 is 0 Å². The second kappa shape index (κ2) is 8.36. The Balaban J connectivity index is 1.53. The molecular weight excluding hydrogens is 400 g/mol. The highest BCUT2D eigenvalue weighted by Crippen LogP contribution is 2.33. The van der Waals surface area contributed by atoms with Crippen molar-refractivity contribution in [3.05, 3.63) is 53.9 Å². The van der Waals surface area contributed by atoms with E-state index in [2.05, 4.69) is 27.1 Å². The normalized spacial score (nSPS) is 15.5. The molecular formula is C23H25F2N5O. The molecule has 0 atom stereocenters. The Bertz CT molecular complexity index is 1210. The van der Waals surface area contributed by atoms with E-state index in [0.29, 0.717) is 6.61 Å². The average molecular weight is 425 g/mol. The molecule has 1 saturated heterocycles. The van der Waals surface area contributed by atoms with Crippen molar-refractivity contribution in [2.45, 2.75) is 45.4 Å². The minimum atomic E-state index is -2.50. The number of nitrogens with zero attached hydrogens (tertiary/aromatic N) is 4. The molecule has 5 rings (SSSR count). The first-order valence-corrected chi connectivity index (χ1v) is 10.7. The first kappa shape index (κ1) is 20.1. The lowest BCUT2D eigenvalue weighted by Crippen LogP contribution is -2.32. The topological polar surface area (TPSA) is 56.9 Å². The Kier molecular flexibility index (Phi) is 5.41. The zero-order chi connectivity index (χ0) is 21.4. The van der Waals surface area contributed by atoms with Crippen LogP contribution in [-0.4, -0.2) is 38.8 Å². The first-order valence-electron chi connectivity index (χ1n) is 10.7. The largest absolute Gasteiger partial charge is 0.372 e. The summed E-state index contributed by atoms with van der Waals surface area (Å²) in [7, 11) is 0. The monoisotopic (exact) mass is 425 g/mol. The molecule has 2 aromatic carbocycles. The summed E-state index contributed by atoms with van der Waals surface area (Å²) in [4.78, 5) is 0. The molecule has 0 radical (unpaired) electrons. The Labute approximate surface area is 178 Å². The molecule has 1 aliphatic heterocycles. The number of rotatable bonds is 6. The second-order valence-electron chi connectivity index (χ2n) is 7.92. The highest BCUT2D eigenvalue weighted by atomic mass is 19.3. The molecule has 8 heteroatoms. The Morgan fingerprint density at radius 3 is 2.58 bits per heavy atom. The standard InChI is InChI=1S/C23H25F2N5O/c1-2-29-21-5-3-15(23(24)25)11-19(21)20-12-16(4-6-22(20)29)30-17(13-27-28-30)14-31-18-7-9-26-10-8-18/h3-6,11-13,18,23,26H,2,7-10,14H2,1H3. The van der Waals surface area contributed by atoms with Crippen LogP contribution in [0.25, 0.3) is 27.5 Å². The summed E-state index contributed by atoms with van der Waals surface area (Å²) in [6, 6.07) is 10.9. The van der Waals surface area contributed by atoms with Gasteiger partial charge in [-0.25, -0.2) is 13.5 Å². The van der Waals surface area contributed by atoms with Crippen molar-refractivity contribution in [2.24, 2.45) is 0 Å². The molecule has 31 heavy (non-hydrogen) atoms. The molecule has 3 heterocycles. The number of nitrogens with one attached hydrogen (secondary N) is 1. The van der Waals surface area contributed by atoms with Crippen LogP contribution in [0.3, 0.4) is 0 Å². The zero-order valence-corrected chi connectivity index (χ0v) is 17.4. The van der Waals surface area contributed by atoms with Gasteiger partial charge in [0.15, 0.2) is 0 Å². The maximum absolute atomic E-state index is 13.3. The van der Waals surface area contributed by atoms with Crippen molar-refractivity contribution in [3.63, 3.8) is 0 Å². The number of hydrogen-bond donors (Lipinski definition) is 1. The summed E-state index contributed by atoms with van der Waals surface area (Å²) in [5, 5.41) is 13.4. The molecule has 4 aromatic rings. The third kappa shape index (κ3) is 3.70. The SMILES string of the molecule is CCn1c2ccc(C(F)F)cc2c2cc(-n3nncc3COC3CCNCC3)ccc21. The van der Waals surface area contributed by atoms with Gasteiger partial charge in [0.1, 0.15) is 0 Å². The molecule has 0 unspecified atom stereocenters. The average Bonchev–Trinajstić information content (AvgIpc) is 3.39. The van der Waals surface area contributed by atoms with E-state index in [1.54, 1.807) is 23.0 Å². The molecule has 2 aromatic heterocycles. The van der Waals surface area contributed by atoms with Crippen LogP contribution in [0, 0.1) is 0 Å². The summed E-state index contributed by atoms with van der Waals surface area (Å²) >= 11 is 0. The van der Waals surface area contributed by atoms with E-state index in [9.17, 15) is 8.78 Å². The van der Waals surface area contributed by atoms with Gasteiger partial charge in [0.2, 0.25) is 0 Å². The van der Waals surface area contributed by atoms with E-state index in [1.807, 2.05) is 18.2 Å². The number of ether oxygens (including phenoxy) is 1. The fourth-order valence-electron chi connectivity index (χ4n) is 4.46. The van der Waals surface area contributed by atoms with Crippen molar-refractivity contribution in [1.82, 2.24) is 24.9 Å². The fraction of sp³-hybridized carbons (Fsp3) is 0.391. The van der Waals surface area contributed by atoms with Crippen molar-refractivity contribution in [2.75, 3.05) is 13.1 Å². The smallest absolute Gasteiger partial charge is 0.263 e. The van der Waals surface area contributed by atoms with Gasteiger partial charge in [-0.1, -0.05) is 11.3 Å². The van der Waals surface area contributed by atoms with E-state index in [4.69, 9.17) is 4.74 Å². The molecule has 162 valence electrons. The van der Waals surface area contributed by atoms with Crippen LogP contribution in [0.4, 0.5) is 8.78 Å². The van der Waals surface area contributed by atoms with Crippen LogP contribution >= 0.6 is 0 Å². The van der Waals surface area contributed by atoms with Crippen LogP contribution in [0.2, 0.25) is 0 Å². The molecule has 1 aliphatic rings. The second-order valence-corrected chi connectivity index (χ2v) is 7.92. The number of halogens is 2. The molecule has 1 N–H and O–H groups in total. The summed E-state index contributed by atoms with van der Waals surface area (Å²) in [6.07, 6.45) is 1.45. The predicted molar refractivity (Wildman–Crippen MR) is 116 cm³/mol. The maximum atomic E-state index is 13.3. The minimum absolute atomic E-state index is 0.0323. The number of aryl methyl sites for hydroxylation is 1. The lowest BCUT2D eigenvalue weighted by molar-refractivity contribution is 0.0187. The van der Waals surface area contributed by atoms with E-state index in [1.165, 1.54) is 6.07 Å². The lowest BCUT2D eigenvalue weighted by atomic mass is 10.1. The van der Waals surface area contributed by atoms with Crippen LogP contribution in [0.1, 0.15) is 37.4 Å². The minimum Gasteiger partial charge on any atom is -0.372 e. The number of fused-ring (bicyclic) bond motifs is 3. The van der Waals surface area contributed by atoms with Crippen molar-refractivity contribution >= 4 is 21.8 Å². The number of benzene rings is 2. The van der Waals surface area contributed by atoms with Crippen molar-refractivity contribution < 1.29 is 13.5 Å². The van der Waals surface area contributed by atoms with Crippen molar-refractivity contribution in [1.29, 1.82) is 0 Å². The lowest BCUT2D eigenvalue weighted by Gasteiger charge is -2.22. The molecule has 0 spiro atoms. The molecule has 0 aliphatic carbocycles. The Morgan fingerprint density at radius 2 is 1.84 bits per heavy atom. The molecule has 0 saturated carbocycles. The number of hydrogen-bond acceptors (Lipinski definition) is 4. The van der Waals surface area contributed by atoms with Gasteiger partial charge >= 0.3 is 0 Å². The highest BCUT2D eigenvalue weighted by Gasteiger charge is 2.17. The maximum Gasteiger partial charge on any atom is 0.263 e. The van der Waals surface area contributed by atoms with Gasteiger partial charge in [0.25, 0.3) is 6.43 Å². The van der Waals surface area contributed by atoms with E-state index < -0.39 is 6.43 Å². The number of alkyl halides is 2. The Morgan fingerprint density at radius 1 is 1.10 bits per heavy atom. The molecule has 0 bridgehead atoms. The molecule has 0 amide bonds. The van der Waals surface area contributed by atoms with Crippen molar-refractivity contribution in [3.8, 4) is 5.69 Å². The fourth-order valence-corrected chi connectivity index (χ4v) is 4.46. The van der Waals surface area contributed by atoms with Gasteiger partial charge in [-0.2, -0.15) is 0 Å².